The average Bonchev–Trinajstić information content (AvgIpc) is 2.07. The second kappa shape index (κ2) is 6.84. The van der Waals surface area contributed by atoms with Gasteiger partial charge >= 0.3 is 30.4 Å². The molecular weight excluding hydrogens is 376 g/mol. The van der Waals surface area contributed by atoms with Gasteiger partial charge in [0.05, 0.1) is 0 Å². The number of hydrogen-bond acceptors (Lipinski definition) is 4. The van der Waals surface area contributed by atoms with Crippen LogP contribution in [0.5, 0.6) is 0 Å². The molecule has 0 aromatic heterocycles. The second-order valence-corrected chi connectivity index (χ2v) is 11.4. The summed E-state index contributed by atoms with van der Waals surface area (Å²) in [6.45, 7) is 0. The molecule has 0 bridgehead atoms. The van der Waals surface area contributed by atoms with Crippen LogP contribution in [0.3, 0.4) is 0 Å². The van der Waals surface area contributed by atoms with Gasteiger partial charge in [-0.05, 0) is 12.8 Å². The number of allylic oxidation sites excluding steroid dienone is 1. The highest BCUT2D eigenvalue weighted by molar-refractivity contribution is 7.77. The number of rotatable bonds is 7. The van der Waals surface area contributed by atoms with E-state index in [1.807, 2.05) is 0 Å². The van der Waals surface area contributed by atoms with Gasteiger partial charge in [-0.15, -0.1) is 0 Å². The zero-order chi connectivity index (χ0) is 17.3. The van der Waals surface area contributed by atoms with Gasteiger partial charge in [-0.2, -0.15) is 0 Å². The summed E-state index contributed by atoms with van der Waals surface area (Å²) in [6.07, 6.45) is -1.38. The molecule has 0 heterocycles. The van der Waals surface area contributed by atoms with Crippen LogP contribution in [0.25, 0.3) is 0 Å². The lowest BCUT2D eigenvalue weighted by molar-refractivity contribution is 0.335. The van der Waals surface area contributed by atoms with Crippen molar-refractivity contribution >= 4 is 30.4 Å². The Balaban J connectivity index is 5.36. The highest BCUT2D eigenvalue weighted by atomic mass is 31.2. The Morgan fingerprint density at radius 1 is 0.762 bits per heavy atom. The Hall–Kier alpha value is 0.340. The summed E-state index contributed by atoms with van der Waals surface area (Å²) in [6, 6.07) is 0. The van der Waals surface area contributed by atoms with Crippen LogP contribution in [-0.2, 0) is 18.3 Å². The topological polar surface area (TPSA) is 230 Å². The summed E-state index contributed by atoms with van der Waals surface area (Å²) in [5.74, 6) is 0. The van der Waals surface area contributed by atoms with E-state index in [1.165, 1.54) is 0 Å². The summed E-state index contributed by atoms with van der Waals surface area (Å²) in [7, 11) is -21.1. The predicted molar refractivity (Wildman–Crippen MR) is 69.3 cm³/mol. The van der Waals surface area contributed by atoms with Crippen molar-refractivity contribution in [2.24, 2.45) is 0 Å². The van der Waals surface area contributed by atoms with Crippen molar-refractivity contribution in [2.45, 2.75) is 18.2 Å². The van der Waals surface area contributed by atoms with Crippen LogP contribution < -0.4 is 0 Å². The van der Waals surface area contributed by atoms with E-state index in [9.17, 15) is 18.3 Å². The predicted octanol–water partition coefficient (Wildman–Crippen LogP) is -0.355. The molecule has 8 N–H and O–H groups in total. The standard InChI is InChI=1S/C5H14O12P4/c6-18(7,8)4(19(9,10)11)2-1-3-5(20(12,13)14)21(15,16)17/h2,5H,1,3H2,(H2,6,7,8)(H2,9,10,11)(H2,12,13,14)(H2,15,16,17). The van der Waals surface area contributed by atoms with E-state index in [0.29, 0.717) is 6.08 Å². The first kappa shape index (κ1) is 21.3. The van der Waals surface area contributed by atoms with Gasteiger partial charge in [0.1, 0.15) is 5.06 Å². The van der Waals surface area contributed by atoms with Crippen molar-refractivity contribution < 1.29 is 57.4 Å². The third kappa shape index (κ3) is 7.43. The Bertz CT molecular complexity index is 537. The normalized spacial score (nSPS) is 14.3. The molecule has 0 aliphatic carbocycles. The van der Waals surface area contributed by atoms with Crippen molar-refractivity contribution in [3.8, 4) is 0 Å². The quantitative estimate of drug-likeness (QED) is 0.261. The summed E-state index contributed by atoms with van der Waals surface area (Å²) < 4.78 is 43.6. The van der Waals surface area contributed by atoms with Crippen LogP contribution in [0.15, 0.2) is 11.1 Å². The zero-order valence-electron chi connectivity index (χ0n) is 10.1. The van der Waals surface area contributed by atoms with Crippen LogP contribution in [0.2, 0.25) is 0 Å². The van der Waals surface area contributed by atoms with E-state index >= 15 is 0 Å². The van der Waals surface area contributed by atoms with Crippen LogP contribution in [0, 0.1) is 0 Å². The Morgan fingerprint density at radius 2 is 1.10 bits per heavy atom. The molecule has 21 heavy (non-hydrogen) atoms. The maximum Gasteiger partial charge on any atom is 0.364 e. The molecular formula is C5H14O12P4. The first-order chi connectivity index (χ1) is 8.97. The Kier molecular flexibility index (Phi) is 6.96. The summed E-state index contributed by atoms with van der Waals surface area (Å²) in [4.78, 5) is 70.1. The van der Waals surface area contributed by atoms with Crippen molar-refractivity contribution in [3.63, 3.8) is 0 Å². The molecule has 0 aromatic rings. The van der Waals surface area contributed by atoms with Crippen LogP contribution >= 0.6 is 30.4 Å². The maximum absolute atomic E-state index is 10.9. The lowest BCUT2D eigenvalue weighted by atomic mass is 10.3. The molecule has 0 aliphatic heterocycles. The smallest absolute Gasteiger partial charge is 0.324 e. The highest BCUT2D eigenvalue weighted by Crippen LogP contribution is 2.65. The van der Waals surface area contributed by atoms with Crippen molar-refractivity contribution in [3.05, 3.63) is 11.1 Å². The van der Waals surface area contributed by atoms with Gasteiger partial charge < -0.3 is 39.1 Å². The summed E-state index contributed by atoms with van der Waals surface area (Å²) >= 11 is 0. The van der Waals surface area contributed by atoms with Crippen molar-refractivity contribution in [1.29, 1.82) is 0 Å². The Labute approximate surface area is 118 Å². The fraction of sp³-hybridized carbons (Fsp3) is 0.600. The largest absolute Gasteiger partial charge is 0.364 e. The minimum absolute atomic E-state index is 0.319. The van der Waals surface area contributed by atoms with Gasteiger partial charge in [0.25, 0.3) is 0 Å². The van der Waals surface area contributed by atoms with Crippen molar-refractivity contribution in [1.82, 2.24) is 0 Å². The first-order valence-corrected chi connectivity index (χ1v) is 11.5. The third-order valence-corrected chi connectivity index (χ3v) is 9.12. The molecule has 12 nitrogen and oxygen atoms in total. The highest BCUT2D eigenvalue weighted by Gasteiger charge is 2.43. The molecule has 0 aromatic carbocycles. The number of hydrogen-bond donors (Lipinski definition) is 8. The molecule has 0 saturated heterocycles. The van der Waals surface area contributed by atoms with Crippen LogP contribution in [-0.4, -0.2) is 44.5 Å². The first-order valence-electron chi connectivity index (χ1n) is 4.90. The fourth-order valence-electron chi connectivity index (χ4n) is 1.30. The molecule has 0 rings (SSSR count). The van der Waals surface area contributed by atoms with E-state index in [2.05, 4.69) is 0 Å². The molecule has 0 unspecified atom stereocenters. The van der Waals surface area contributed by atoms with Gasteiger partial charge in [0.2, 0.25) is 0 Å². The van der Waals surface area contributed by atoms with Gasteiger partial charge in [-0.3, -0.25) is 18.3 Å². The van der Waals surface area contributed by atoms with E-state index in [4.69, 9.17) is 39.1 Å². The van der Waals surface area contributed by atoms with E-state index < -0.39 is 53.7 Å². The minimum atomic E-state index is -5.33. The lowest BCUT2D eigenvalue weighted by Gasteiger charge is -2.19. The maximum atomic E-state index is 10.9. The Morgan fingerprint density at radius 3 is 1.33 bits per heavy atom. The SMILES string of the molecule is O=P(O)(O)C(=CCCC(P(=O)(O)O)P(=O)(O)O)P(=O)(O)O. The van der Waals surface area contributed by atoms with Crippen molar-refractivity contribution in [2.75, 3.05) is 0 Å². The molecule has 0 atom stereocenters. The van der Waals surface area contributed by atoms with E-state index in [0.717, 1.165) is 0 Å². The fourth-order valence-corrected chi connectivity index (χ4v) is 5.93. The van der Waals surface area contributed by atoms with E-state index in [-0.39, 0.29) is 0 Å². The van der Waals surface area contributed by atoms with Crippen LogP contribution in [0.1, 0.15) is 12.8 Å². The molecule has 0 fully saturated rings. The molecule has 126 valence electrons. The molecule has 0 aliphatic rings. The molecule has 0 amide bonds. The van der Waals surface area contributed by atoms with E-state index in [1.54, 1.807) is 0 Å². The molecule has 16 heteroatoms. The van der Waals surface area contributed by atoms with Gasteiger partial charge in [-0.1, -0.05) is 6.08 Å². The molecule has 0 spiro atoms. The zero-order valence-corrected chi connectivity index (χ0v) is 13.6. The summed E-state index contributed by atoms with van der Waals surface area (Å²) in [5, 5.41) is -4.01. The second-order valence-electron chi connectivity index (χ2n) is 3.89. The van der Waals surface area contributed by atoms with Gasteiger partial charge in [-0.25, -0.2) is 0 Å². The molecule has 0 saturated carbocycles. The van der Waals surface area contributed by atoms with Crippen LogP contribution in [0.4, 0.5) is 0 Å². The average molecular weight is 390 g/mol. The molecule has 0 radical (unpaired) electrons. The minimum Gasteiger partial charge on any atom is -0.324 e. The van der Waals surface area contributed by atoms with Gasteiger partial charge in [0, 0.05) is 0 Å². The van der Waals surface area contributed by atoms with Gasteiger partial charge in [0.15, 0.2) is 5.40 Å². The third-order valence-electron chi connectivity index (χ3n) is 2.13. The lowest BCUT2D eigenvalue weighted by Crippen LogP contribution is -2.08. The summed E-state index contributed by atoms with van der Waals surface area (Å²) in [5.41, 5.74) is 0. The monoisotopic (exact) mass is 390 g/mol.